The molecule has 4 rings (SSSR count). The van der Waals surface area contributed by atoms with E-state index in [1.54, 1.807) is 23.1 Å². The summed E-state index contributed by atoms with van der Waals surface area (Å²) in [7, 11) is 0. The van der Waals surface area contributed by atoms with E-state index >= 15 is 0 Å². The number of aryl methyl sites for hydroxylation is 1. The van der Waals surface area contributed by atoms with Crippen LogP contribution in [0.2, 0.25) is 0 Å². The lowest BCUT2D eigenvalue weighted by Crippen LogP contribution is -2.30. The molecule has 0 saturated heterocycles. The van der Waals surface area contributed by atoms with Gasteiger partial charge in [-0.25, -0.2) is 14.5 Å². The minimum Gasteiger partial charge on any atom is -0.338 e. The van der Waals surface area contributed by atoms with Gasteiger partial charge in [-0.15, -0.1) is 16.4 Å². The molecule has 0 aliphatic carbocycles. The molecule has 10 heteroatoms. The first-order chi connectivity index (χ1) is 14.0. The van der Waals surface area contributed by atoms with E-state index in [-0.39, 0.29) is 17.4 Å². The summed E-state index contributed by atoms with van der Waals surface area (Å²) in [5.74, 6) is 0.209. The van der Waals surface area contributed by atoms with Gasteiger partial charge in [-0.3, -0.25) is 14.9 Å². The normalized spacial score (nSPS) is 11.3. The fraction of sp³-hybridized carbons (Fsp3) is 0.263. The molecule has 0 bridgehead atoms. The minimum absolute atomic E-state index is 0.0351. The Hall–Kier alpha value is -3.40. The van der Waals surface area contributed by atoms with Crippen molar-refractivity contribution in [2.75, 3.05) is 13.1 Å². The lowest BCUT2D eigenvalue weighted by Gasteiger charge is -2.17. The molecule has 0 atom stereocenters. The van der Waals surface area contributed by atoms with Crippen molar-refractivity contribution in [3.8, 4) is 11.4 Å². The van der Waals surface area contributed by atoms with Crippen molar-refractivity contribution in [2.45, 2.75) is 20.8 Å². The Labute approximate surface area is 169 Å². The second-order valence-corrected chi connectivity index (χ2v) is 7.44. The number of para-hydroxylation sites is 1. The Bertz CT molecular complexity index is 1260. The second kappa shape index (κ2) is 7.21. The van der Waals surface area contributed by atoms with Gasteiger partial charge in [0.15, 0.2) is 11.5 Å². The van der Waals surface area contributed by atoms with Gasteiger partial charge in [0, 0.05) is 19.2 Å². The Kier molecular flexibility index (Phi) is 4.71. The number of thiophene rings is 1. The van der Waals surface area contributed by atoms with E-state index in [4.69, 9.17) is 0 Å². The number of fused-ring (bicyclic) bond motifs is 3. The van der Waals surface area contributed by atoms with Crippen LogP contribution in [0.25, 0.3) is 27.3 Å². The SMILES string of the molecule is CCN(CC)C(=O)c1sc2ncn3nc(-c4ccccc4[N+](=O)[O-])nc3c2c1C. The van der Waals surface area contributed by atoms with E-state index < -0.39 is 4.92 Å². The van der Waals surface area contributed by atoms with Gasteiger partial charge in [-0.2, -0.15) is 0 Å². The Morgan fingerprint density at radius 1 is 1.28 bits per heavy atom. The summed E-state index contributed by atoms with van der Waals surface area (Å²) in [5.41, 5.74) is 1.59. The summed E-state index contributed by atoms with van der Waals surface area (Å²) >= 11 is 1.33. The highest BCUT2D eigenvalue weighted by Crippen LogP contribution is 2.34. The molecule has 1 amide bonds. The average molecular weight is 410 g/mol. The maximum absolute atomic E-state index is 12.9. The molecule has 0 radical (unpaired) electrons. The largest absolute Gasteiger partial charge is 0.338 e. The van der Waals surface area contributed by atoms with Crippen LogP contribution >= 0.6 is 11.3 Å². The lowest BCUT2D eigenvalue weighted by atomic mass is 10.1. The molecule has 29 heavy (non-hydrogen) atoms. The summed E-state index contributed by atoms with van der Waals surface area (Å²) in [4.78, 5) is 35.8. The van der Waals surface area contributed by atoms with Crippen LogP contribution in [0.1, 0.15) is 29.1 Å². The van der Waals surface area contributed by atoms with Crippen LogP contribution in [0.3, 0.4) is 0 Å². The smallest absolute Gasteiger partial charge is 0.280 e. The molecular weight excluding hydrogens is 392 g/mol. The van der Waals surface area contributed by atoms with Crippen molar-refractivity contribution >= 4 is 38.8 Å². The summed E-state index contributed by atoms with van der Waals surface area (Å²) in [6.07, 6.45) is 1.52. The Morgan fingerprint density at radius 2 is 2.00 bits per heavy atom. The molecular formula is C19H18N6O3S. The number of hydrogen-bond acceptors (Lipinski definition) is 7. The van der Waals surface area contributed by atoms with Gasteiger partial charge in [0.25, 0.3) is 11.6 Å². The third-order valence-corrected chi connectivity index (χ3v) is 6.04. The first-order valence-electron chi connectivity index (χ1n) is 9.13. The molecule has 9 nitrogen and oxygen atoms in total. The maximum Gasteiger partial charge on any atom is 0.280 e. The van der Waals surface area contributed by atoms with Gasteiger partial charge in [0.1, 0.15) is 11.2 Å². The molecule has 148 valence electrons. The summed E-state index contributed by atoms with van der Waals surface area (Å²) in [5, 5.41) is 16.5. The van der Waals surface area contributed by atoms with Crippen LogP contribution in [-0.4, -0.2) is 48.4 Å². The second-order valence-electron chi connectivity index (χ2n) is 6.44. The molecule has 0 N–H and O–H groups in total. The average Bonchev–Trinajstić information content (AvgIpc) is 3.29. The molecule has 1 aromatic carbocycles. The van der Waals surface area contributed by atoms with Crippen LogP contribution in [0.5, 0.6) is 0 Å². The molecule has 0 aliphatic rings. The monoisotopic (exact) mass is 410 g/mol. The number of nitro benzene ring substituents is 1. The number of aromatic nitrogens is 4. The van der Waals surface area contributed by atoms with E-state index in [9.17, 15) is 14.9 Å². The number of hydrogen-bond donors (Lipinski definition) is 0. The number of nitrogens with zero attached hydrogens (tertiary/aromatic N) is 6. The van der Waals surface area contributed by atoms with E-state index in [0.29, 0.717) is 34.0 Å². The zero-order chi connectivity index (χ0) is 20.7. The highest BCUT2D eigenvalue weighted by atomic mass is 32.1. The van der Waals surface area contributed by atoms with Crippen molar-refractivity contribution in [2.24, 2.45) is 0 Å². The van der Waals surface area contributed by atoms with Crippen LogP contribution in [0.4, 0.5) is 5.69 Å². The number of rotatable bonds is 5. The highest BCUT2D eigenvalue weighted by Gasteiger charge is 2.24. The summed E-state index contributed by atoms with van der Waals surface area (Å²) in [6.45, 7) is 7.00. The Balaban J connectivity index is 1.92. The van der Waals surface area contributed by atoms with Gasteiger partial charge < -0.3 is 4.90 Å². The molecule has 3 heterocycles. The van der Waals surface area contributed by atoms with E-state index in [1.165, 1.54) is 28.2 Å². The zero-order valence-corrected chi connectivity index (χ0v) is 16.9. The molecule has 0 unspecified atom stereocenters. The van der Waals surface area contributed by atoms with Gasteiger partial charge in [0.2, 0.25) is 0 Å². The van der Waals surface area contributed by atoms with Crippen molar-refractivity contribution < 1.29 is 9.72 Å². The predicted octanol–water partition coefficient (Wildman–Crippen LogP) is 3.70. The molecule has 0 saturated carbocycles. The number of nitro groups is 1. The predicted molar refractivity (Wildman–Crippen MR) is 110 cm³/mol. The number of carbonyl (C=O) groups excluding carboxylic acids is 1. The van der Waals surface area contributed by atoms with E-state index in [0.717, 1.165) is 10.9 Å². The van der Waals surface area contributed by atoms with Crippen LogP contribution in [0.15, 0.2) is 30.6 Å². The van der Waals surface area contributed by atoms with Crippen molar-refractivity contribution in [3.05, 3.63) is 51.1 Å². The van der Waals surface area contributed by atoms with Crippen LogP contribution in [-0.2, 0) is 0 Å². The fourth-order valence-electron chi connectivity index (χ4n) is 3.33. The standard InChI is InChI=1S/C19H18N6O3S/c1-4-23(5-2)19(26)15-11(3)14-17-21-16(22-24(17)10-20-18(14)29-15)12-8-6-7-9-13(12)25(27)28/h6-10H,4-5H2,1-3H3. The molecule has 3 aromatic heterocycles. The molecule has 0 aliphatic heterocycles. The summed E-state index contributed by atoms with van der Waals surface area (Å²) < 4.78 is 1.50. The van der Waals surface area contributed by atoms with Gasteiger partial charge in [-0.05, 0) is 32.4 Å². The quantitative estimate of drug-likeness (QED) is 0.367. The number of carbonyl (C=O) groups is 1. The number of amides is 1. The molecule has 4 aromatic rings. The zero-order valence-electron chi connectivity index (χ0n) is 16.1. The first-order valence-corrected chi connectivity index (χ1v) is 9.95. The maximum atomic E-state index is 12.9. The van der Waals surface area contributed by atoms with Gasteiger partial charge in [0.05, 0.1) is 20.8 Å². The first kappa shape index (κ1) is 18.9. The summed E-state index contributed by atoms with van der Waals surface area (Å²) in [6, 6.07) is 6.35. The van der Waals surface area contributed by atoms with E-state index in [1.807, 2.05) is 20.8 Å². The lowest BCUT2D eigenvalue weighted by molar-refractivity contribution is -0.384. The van der Waals surface area contributed by atoms with Crippen molar-refractivity contribution in [1.82, 2.24) is 24.5 Å². The van der Waals surface area contributed by atoms with Crippen molar-refractivity contribution in [1.29, 1.82) is 0 Å². The molecule has 0 fully saturated rings. The molecule has 0 spiro atoms. The van der Waals surface area contributed by atoms with Crippen LogP contribution in [0, 0.1) is 17.0 Å². The van der Waals surface area contributed by atoms with E-state index in [2.05, 4.69) is 15.1 Å². The number of benzene rings is 1. The van der Waals surface area contributed by atoms with Crippen LogP contribution < -0.4 is 0 Å². The minimum atomic E-state index is -0.453. The van der Waals surface area contributed by atoms with Gasteiger partial charge in [-0.1, -0.05) is 12.1 Å². The Morgan fingerprint density at radius 3 is 2.69 bits per heavy atom. The fourth-order valence-corrected chi connectivity index (χ4v) is 4.44. The third kappa shape index (κ3) is 3.01. The topological polar surface area (TPSA) is 107 Å². The van der Waals surface area contributed by atoms with Gasteiger partial charge >= 0.3 is 0 Å². The van der Waals surface area contributed by atoms with Crippen molar-refractivity contribution in [3.63, 3.8) is 0 Å². The third-order valence-electron chi connectivity index (χ3n) is 4.85. The highest BCUT2D eigenvalue weighted by molar-refractivity contribution is 7.20.